The molecule has 0 saturated carbocycles. The SMILES string of the molecule is CC(C)=O.CC(C)=O.NC(=O)C(Cl)Cl.NCCNCC(O)CO. The van der Waals surface area contributed by atoms with E-state index in [1.807, 2.05) is 0 Å². The Morgan fingerprint density at radius 3 is 1.57 bits per heavy atom. The van der Waals surface area contributed by atoms with Gasteiger partial charge in [-0.3, -0.25) is 4.79 Å². The molecule has 0 bridgehead atoms. The monoisotopic (exact) mass is 377 g/mol. The number of carbonyl (C=O) groups is 3. The highest BCUT2D eigenvalue weighted by Gasteiger charge is 2.02. The average molecular weight is 378 g/mol. The van der Waals surface area contributed by atoms with Crippen molar-refractivity contribution in [1.82, 2.24) is 5.32 Å². The number of aliphatic hydroxyl groups is 2. The van der Waals surface area contributed by atoms with E-state index in [1.54, 1.807) is 0 Å². The second-order valence-corrected chi connectivity index (χ2v) is 5.45. The fraction of sp³-hybridized carbons (Fsp3) is 0.769. The maximum Gasteiger partial charge on any atom is 0.250 e. The Bertz CT molecular complexity index is 285. The number of nitrogens with one attached hydrogen (secondary N) is 1. The number of alkyl halides is 2. The first kappa shape index (κ1) is 30.1. The van der Waals surface area contributed by atoms with E-state index in [0.717, 1.165) is 0 Å². The molecule has 0 aliphatic rings. The second kappa shape index (κ2) is 23.5. The highest BCUT2D eigenvalue weighted by Crippen LogP contribution is 1.97. The van der Waals surface area contributed by atoms with Gasteiger partial charge in [0, 0.05) is 19.6 Å². The zero-order valence-electron chi connectivity index (χ0n) is 14.0. The fourth-order valence-corrected chi connectivity index (χ4v) is 0.435. The summed E-state index contributed by atoms with van der Waals surface area (Å²) in [4.78, 5) is 27.5. The van der Waals surface area contributed by atoms with Crippen molar-refractivity contribution in [2.75, 3.05) is 26.2 Å². The molecular weight excluding hydrogens is 349 g/mol. The van der Waals surface area contributed by atoms with Crippen LogP contribution in [0.3, 0.4) is 0 Å². The summed E-state index contributed by atoms with van der Waals surface area (Å²) >= 11 is 9.81. The lowest BCUT2D eigenvalue weighted by Gasteiger charge is -2.06. The number of primary amides is 1. The van der Waals surface area contributed by atoms with Gasteiger partial charge in [-0.25, -0.2) is 0 Å². The van der Waals surface area contributed by atoms with Gasteiger partial charge >= 0.3 is 0 Å². The van der Waals surface area contributed by atoms with Crippen LogP contribution < -0.4 is 16.8 Å². The lowest BCUT2D eigenvalue weighted by Crippen LogP contribution is -2.32. The summed E-state index contributed by atoms with van der Waals surface area (Å²) in [7, 11) is 0. The van der Waals surface area contributed by atoms with Crippen LogP contribution in [0.5, 0.6) is 0 Å². The van der Waals surface area contributed by atoms with Gasteiger partial charge in [0.15, 0.2) is 4.84 Å². The van der Waals surface area contributed by atoms with Crippen LogP contribution in [0.25, 0.3) is 0 Å². The number of carbonyl (C=O) groups excluding carboxylic acids is 3. The molecule has 8 nitrogen and oxygen atoms in total. The van der Waals surface area contributed by atoms with Gasteiger partial charge in [0.05, 0.1) is 12.7 Å². The number of ketones is 2. The standard InChI is InChI=1S/C5H14N2O2.2C3H6O.C2H3Cl2NO/c6-1-2-7-3-5(9)4-8;2*1-3(2)4;3-1(4)2(5)6/h5,7-9H,1-4,6H2;2*1-2H3;1H,(H2,5,6). The van der Waals surface area contributed by atoms with Gasteiger partial charge in [-0.05, 0) is 27.7 Å². The van der Waals surface area contributed by atoms with Crippen molar-refractivity contribution in [1.29, 1.82) is 0 Å². The Morgan fingerprint density at radius 2 is 1.39 bits per heavy atom. The molecule has 0 saturated heterocycles. The first-order chi connectivity index (χ1) is 10.4. The first-order valence-corrected chi connectivity index (χ1v) is 7.51. The molecule has 1 unspecified atom stereocenters. The maximum atomic E-state index is 9.66. The first-order valence-electron chi connectivity index (χ1n) is 6.63. The minimum absolute atomic E-state index is 0.167. The molecule has 1 amide bonds. The van der Waals surface area contributed by atoms with Gasteiger partial charge in [0.1, 0.15) is 11.6 Å². The van der Waals surface area contributed by atoms with Crippen LogP contribution in [0.15, 0.2) is 0 Å². The molecule has 0 fully saturated rings. The Balaban J connectivity index is -0.000000112. The zero-order chi connectivity index (χ0) is 19.4. The van der Waals surface area contributed by atoms with E-state index in [-0.39, 0.29) is 18.2 Å². The third-order valence-corrected chi connectivity index (χ3v) is 1.56. The van der Waals surface area contributed by atoms with E-state index in [4.69, 9.17) is 39.1 Å². The number of amides is 1. The van der Waals surface area contributed by atoms with Crippen LogP contribution in [0.4, 0.5) is 0 Å². The highest BCUT2D eigenvalue weighted by molar-refractivity contribution is 6.53. The van der Waals surface area contributed by atoms with E-state index >= 15 is 0 Å². The highest BCUT2D eigenvalue weighted by atomic mass is 35.5. The van der Waals surface area contributed by atoms with Crippen molar-refractivity contribution in [2.24, 2.45) is 11.5 Å². The van der Waals surface area contributed by atoms with Crippen molar-refractivity contribution in [2.45, 2.75) is 38.6 Å². The molecule has 1 atom stereocenters. The number of Topliss-reactive ketones (excluding diaryl/α,β-unsaturated/α-hetero) is 2. The maximum absolute atomic E-state index is 9.66. The average Bonchev–Trinajstić information content (AvgIpc) is 2.38. The summed E-state index contributed by atoms with van der Waals surface area (Å²) in [6.07, 6.45) is -0.656. The quantitative estimate of drug-likeness (QED) is 0.304. The number of aliphatic hydroxyl groups excluding tert-OH is 2. The summed E-state index contributed by atoms with van der Waals surface area (Å²) < 4.78 is 0. The van der Waals surface area contributed by atoms with Crippen molar-refractivity contribution >= 4 is 40.7 Å². The van der Waals surface area contributed by atoms with Crippen molar-refractivity contribution < 1.29 is 24.6 Å². The molecule has 0 aliphatic carbocycles. The summed E-state index contributed by atoms with van der Waals surface area (Å²) in [6, 6.07) is 0. The molecule has 23 heavy (non-hydrogen) atoms. The third-order valence-electron chi connectivity index (χ3n) is 1.13. The zero-order valence-corrected chi connectivity index (χ0v) is 15.5. The lowest BCUT2D eigenvalue weighted by atomic mass is 10.4. The van der Waals surface area contributed by atoms with Crippen LogP contribution in [0.1, 0.15) is 27.7 Å². The van der Waals surface area contributed by atoms with E-state index in [2.05, 4.69) is 11.1 Å². The van der Waals surface area contributed by atoms with Crippen LogP contribution in [0, 0.1) is 0 Å². The van der Waals surface area contributed by atoms with Crippen LogP contribution in [0.2, 0.25) is 0 Å². The van der Waals surface area contributed by atoms with Crippen molar-refractivity contribution in [3.63, 3.8) is 0 Å². The van der Waals surface area contributed by atoms with Gasteiger partial charge in [-0.15, -0.1) is 0 Å². The molecule has 0 heterocycles. The van der Waals surface area contributed by atoms with E-state index in [1.165, 1.54) is 27.7 Å². The second-order valence-electron chi connectivity index (χ2n) is 4.35. The van der Waals surface area contributed by atoms with Crippen LogP contribution in [-0.2, 0) is 14.4 Å². The largest absolute Gasteiger partial charge is 0.394 e. The molecule has 0 aromatic rings. The van der Waals surface area contributed by atoms with Crippen LogP contribution in [-0.4, -0.2) is 64.9 Å². The Labute approximate surface area is 147 Å². The molecule has 7 N–H and O–H groups in total. The minimum atomic E-state index is -1.06. The number of nitrogens with two attached hydrogens (primary N) is 2. The van der Waals surface area contributed by atoms with Gasteiger partial charge in [-0.1, -0.05) is 23.2 Å². The Kier molecular flexibility index (Phi) is 30.8. The van der Waals surface area contributed by atoms with Gasteiger partial charge in [-0.2, -0.15) is 0 Å². The van der Waals surface area contributed by atoms with Gasteiger partial charge in [0.25, 0.3) is 5.91 Å². The molecular formula is C13H29Cl2N3O5. The Morgan fingerprint density at radius 1 is 1.09 bits per heavy atom. The van der Waals surface area contributed by atoms with Crippen molar-refractivity contribution in [3.05, 3.63) is 0 Å². The van der Waals surface area contributed by atoms with Crippen molar-refractivity contribution in [3.8, 4) is 0 Å². The summed E-state index contributed by atoms with van der Waals surface area (Å²) in [5.41, 5.74) is 9.68. The number of hydrogen-bond donors (Lipinski definition) is 5. The normalized spacial score (nSPS) is 10.0. The molecule has 0 aromatic carbocycles. The smallest absolute Gasteiger partial charge is 0.250 e. The molecule has 0 rings (SSSR count). The van der Waals surface area contributed by atoms with Crippen LogP contribution >= 0.6 is 23.2 Å². The molecule has 140 valence electrons. The van der Waals surface area contributed by atoms with Gasteiger partial charge < -0.3 is 36.6 Å². The molecule has 10 heteroatoms. The molecule has 0 aromatic heterocycles. The fourth-order valence-electron chi connectivity index (χ4n) is 0.435. The number of halogens is 2. The van der Waals surface area contributed by atoms with Gasteiger partial charge in [0.2, 0.25) is 0 Å². The molecule has 0 aliphatic heterocycles. The van der Waals surface area contributed by atoms with E-state index in [0.29, 0.717) is 19.6 Å². The minimum Gasteiger partial charge on any atom is -0.394 e. The number of hydrogen-bond acceptors (Lipinski definition) is 7. The molecule has 0 spiro atoms. The Hall–Kier alpha value is -0.770. The van der Waals surface area contributed by atoms with E-state index < -0.39 is 16.8 Å². The summed E-state index contributed by atoms with van der Waals surface area (Å²) in [6.45, 7) is 7.56. The lowest BCUT2D eigenvalue weighted by molar-refractivity contribution is -0.116. The topological polar surface area (TPSA) is 156 Å². The predicted octanol–water partition coefficient (Wildman–Crippen LogP) is -0.646. The molecule has 0 radical (unpaired) electrons. The third kappa shape index (κ3) is 75.0. The summed E-state index contributed by atoms with van der Waals surface area (Å²) in [5, 5.41) is 19.9. The van der Waals surface area contributed by atoms with E-state index in [9.17, 15) is 14.4 Å². The number of rotatable bonds is 6. The predicted molar refractivity (Wildman–Crippen MR) is 92.4 cm³/mol. The summed E-state index contributed by atoms with van der Waals surface area (Å²) in [5.74, 6) is -0.377.